The Morgan fingerprint density at radius 2 is 2.07 bits per heavy atom. The Labute approximate surface area is 84.2 Å². The number of benzene rings is 1. The van der Waals surface area contributed by atoms with Crippen LogP contribution in [0.15, 0.2) is 43.0 Å². The Morgan fingerprint density at radius 1 is 1.36 bits per heavy atom. The largest absolute Gasteiger partial charge is 0.366 e. The first-order valence-corrected chi connectivity index (χ1v) is 4.58. The van der Waals surface area contributed by atoms with Gasteiger partial charge in [0.25, 0.3) is 0 Å². The van der Waals surface area contributed by atoms with Crippen molar-refractivity contribution in [2.75, 3.05) is 0 Å². The monoisotopic (exact) mass is 190 g/mol. The average molecular weight is 190 g/mol. The second kappa shape index (κ2) is 6.11. The van der Waals surface area contributed by atoms with Crippen LogP contribution in [0.5, 0.6) is 0 Å². The zero-order valence-electron chi connectivity index (χ0n) is 8.06. The zero-order valence-corrected chi connectivity index (χ0v) is 8.06. The van der Waals surface area contributed by atoms with Gasteiger partial charge < -0.3 is 9.53 Å². The van der Waals surface area contributed by atoms with E-state index < -0.39 is 0 Å². The van der Waals surface area contributed by atoms with E-state index >= 15 is 0 Å². The van der Waals surface area contributed by atoms with E-state index in [0.29, 0.717) is 13.0 Å². The molecule has 1 aromatic carbocycles. The summed E-state index contributed by atoms with van der Waals surface area (Å²) in [5, 5.41) is 0. The van der Waals surface area contributed by atoms with Gasteiger partial charge in [-0.3, -0.25) is 0 Å². The number of carbonyl (C=O) groups excluding carboxylic acids is 1. The molecule has 0 spiro atoms. The van der Waals surface area contributed by atoms with Crippen LogP contribution < -0.4 is 0 Å². The lowest BCUT2D eigenvalue weighted by Gasteiger charge is -2.09. The van der Waals surface area contributed by atoms with Crippen LogP contribution >= 0.6 is 0 Å². The molecule has 1 atom stereocenters. The van der Waals surface area contributed by atoms with Crippen LogP contribution in [-0.2, 0) is 16.1 Å². The number of rotatable bonds is 6. The molecule has 0 saturated heterocycles. The normalized spacial score (nSPS) is 12.0. The molecule has 0 amide bonds. The summed E-state index contributed by atoms with van der Waals surface area (Å²) in [6.07, 6.45) is 2.69. The molecule has 0 radical (unpaired) electrons. The quantitative estimate of drug-likeness (QED) is 0.508. The van der Waals surface area contributed by atoms with Gasteiger partial charge in [-0.1, -0.05) is 36.4 Å². The number of aldehydes is 1. The van der Waals surface area contributed by atoms with Gasteiger partial charge >= 0.3 is 0 Å². The van der Waals surface area contributed by atoms with Crippen LogP contribution in [0.1, 0.15) is 12.0 Å². The fraction of sp³-hybridized carbons (Fsp3) is 0.250. The summed E-state index contributed by atoms with van der Waals surface area (Å²) in [5.74, 6) is 0. The molecule has 0 heterocycles. The highest BCUT2D eigenvalue weighted by Crippen LogP contribution is 2.04. The lowest BCUT2D eigenvalue weighted by Crippen LogP contribution is -2.13. The Hall–Kier alpha value is -1.41. The summed E-state index contributed by atoms with van der Waals surface area (Å²) in [5.41, 5.74) is 1.07. The predicted molar refractivity (Wildman–Crippen MR) is 55.9 cm³/mol. The van der Waals surface area contributed by atoms with Crippen molar-refractivity contribution in [3.05, 3.63) is 48.6 Å². The van der Waals surface area contributed by atoms with Gasteiger partial charge in [-0.2, -0.15) is 0 Å². The molecule has 14 heavy (non-hydrogen) atoms. The average Bonchev–Trinajstić information content (AvgIpc) is 2.25. The van der Waals surface area contributed by atoms with Crippen molar-refractivity contribution >= 4 is 6.29 Å². The molecule has 0 N–H and O–H groups in total. The molecule has 0 aromatic heterocycles. The minimum Gasteiger partial charge on any atom is -0.366 e. The lowest BCUT2D eigenvalue weighted by atomic mass is 10.2. The molecule has 0 aliphatic rings. The summed E-state index contributed by atoms with van der Waals surface area (Å²) in [6, 6.07) is 9.78. The number of hydrogen-bond donors (Lipinski definition) is 0. The minimum atomic E-state index is -0.368. The third kappa shape index (κ3) is 3.54. The van der Waals surface area contributed by atoms with E-state index in [4.69, 9.17) is 4.74 Å². The second-order valence-corrected chi connectivity index (χ2v) is 3.00. The van der Waals surface area contributed by atoms with E-state index in [1.165, 1.54) is 0 Å². The Balaban J connectivity index is 2.39. The van der Waals surface area contributed by atoms with Crippen LogP contribution in [0.25, 0.3) is 0 Å². The van der Waals surface area contributed by atoms with Gasteiger partial charge in [0.05, 0.1) is 6.61 Å². The molecule has 2 nitrogen and oxygen atoms in total. The highest BCUT2D eigenvalue weighted by atomic mass is 16.5. The van der Waals surface area contributed by atoms with Crippen molar-refractivity contribution in [1.29, 1.82) is 0 Å². The molecule has 1 rings (SSSR count). The van der Waals surface area contributed by atoms with E-state index in [0.717, 1.165) is 11.8 Å². The van der Waals surface area contributed by atoms with Gasteiger partial charge in [-0.05, 0) is 12.0 Å². The Morgan fingerprint density at radius 3 is 2.64 bits per heavy atom. The maximum atomic E-state index is 10.5. The summed E-state index contributed by atoms with van der Waals surface area (Å²) in [7, 11) is 0. The summed E-state index contributed by atoms with van der Waals surface area (Å²) >= 11 is 0. The first-order chi connectivity index (χ1) is 6.86. The standard InChI is InChI=1S/C12H14O2/c1-2-6-12(9-13)14-10-11-7-4-3-5-8-11/h2-5,7-9,12H,1,6,10H2. The highest BCUT2D eigenvalue weighted by Gasteiger charge is 2.04. The molecule has 1 aromatic rings. The summed E-state index contributed by atoms with van der Waals surface area (Å²) < 4.78 is 5.38. The fourth-order valence-corrected chi connectivity index (χ4v) is 1.10. The summed E-state index contributed by atoms with van der Waals surface area (Å²) in [4.78, 5) is 10.5. The summed E-state index contributed by atoms with van der Waals surface area (Å²) in [6.45, 7) is 4.03. The fourth-order valence-electron chi connectivity index (χ4n) is 1.10. The Kier molecular flexibility index (Phi) is 4.65. The molecule has 0 saturated carbocycles. The molecule has 2 heteroatoms. The smallest absolute Gasteiger partial charge is 0.149 e. The third-order valence-corrected chi connectivity index (χ3v) is 1.86. The van der Waals surface area contributed by atoms with E-state index in [1.807, 2.05) is 30.3 Å². The van der Waals surface area contributed by atoms with Crippen molar-refractivity contribution < 1.29 is 9.53 Å². The SMILES string of the molecule is C=CCC(C=O)OCc1ccccc1. The first kappa shape index (κ1) is 10.7. The van der Waals surface area contributed by atoms with Gasteiger partial charge in [0.15, 0.2) is 0 Å². The zero-order chi connectivity index (χ0) is 10.2. The van der Waals surface area contributed by atoms with E-state index in [2.05, 4.69) is 6.58 Å². The first-order valence-electron chi connectivity index (χ1n) is 4.58. The maximum absolute atomic E-state index is 10.5. The van der Waals surface area contributed by atoms with Crippen molar-refractivity contribution in [3.8, 4) is 0 Å². The van der Waals surface area contributed by atoms with E-state index in [9.17, 15) is 4.79 Å². The topological polar surface area (TPSA) is 26.3 Å². The van der Waals surface area contributed by atoms with Crippen molar-refractivity contribution in [2.24, 2.45) is 0 Å². The third-order valence-electron chi connectivity index (χ3n) is 1.86. The number of ether oxygens (including phenoxy) is 1. The molecule has 1 unspecified atom stereocenters. The van der Waals surface area contributed by atoms with Crippen molar-refractivity contribution in [2.45, 2.75) is 19.1 Å². The molecular weight excluding hydrogens is 176 g/mol. The minimum absolute atomic E-state index is 0.368. The van der Waals surface area contributed by atoms with Crippen LogP contribution in [0.2, 0.25) is 0 Å². The molecule has 0 aliphatic carbocycles. The molecule has 0 bridgehead atoms. The van der Waals surface area contributed by atoms with Crippen LogP contribution in [0, 0.1) is 0 Å². The maximum Gasteiger partial charge on any atom is 0.149 e. The van der Waals surface area contributed by atoms with Crippen LogP contribution in [0.4, 0.5) is 0 Å². The predicted octanol–water partition coefficient (Wildman–Crippen LogP) is 2.35. The number of carbonyl (C=O) groups is 1. The second-order valence-electron chi connectivity index (χ2n) is 3.00. The van der Waals surface area contributed by atoms with Crippen molar-refractivity contribution in [1.82, 2.24) is 0 Å². The highest BCUT2D eigenvalue weighted by molar-refractivity contribution is 5.56. The molecular formula is C12H14O2. The molecule has 74 valence electrons. The van der Waals surface area contributed by atoms with Gasteiger partial charge in [-0.15, -0.1) is 6.58 Å². The van der Waals surface area contributed by atoms with Crippen molar-refractivity contribution in [3.63, 3.8) is 0 Å². The van der Waals surface area contributed by atoms with E-state index in [1.54, 1.807) is 6.08 Å². The molecule has 0 fully saturated rings. The van der Waals surface area contributed by atoms with Gasteiger partial charge in [0.1, 0.15) is 12.4 Å². The van der Waals surface area contributed by atoms with Crippen LogP contribution in [0.3, 0.4) is 0 Å². The lowest BCUT2D eigenvalue weighted by molar-refractivity contribution is -0.118. The molecule has 0 aliphatic heterocycles. The Bertz CT molecular complexity index is 280. The van der Waals surface area contributed by atoms with Gasteiger partial charge in [0.2, 0.25) is 0 Å². The van der Waals surface area contributed by atoms with Crippen LogP contribution in [-0.4, -0.2) is 12.4 Å². The van der Waals surface area contributed by atoms with E-state index in [-0.39, 0.29) is 6.10 Å². The van der Waals surface area contributed by atoms with Gasteiger partial charge in [0, 0.05) is 0 Å². The van der Waals surface area contributed by atoms with Gasteiger partial charge in [-0.25, -0.2) is 0 Å². The number of hydrogen-bond acceptors (Lipinski definition) is 2.